The molecule has 0 amide bonds. The summed E-state index contributed by atoms with van der Waals surface area (Å²) in [7, 11) is 3.49. The van der Waals surface area contributed by atoms with Crippen LogP contribution < -0.4 is 10.6 Å². The predicted molar refractivity (Wildman–Crippen MR) is 65.4 cm³/mol. The lowest BCUT2D eigenvalue weighted by molar-refractivity contribution is 0.179. The molecule has 15 heavy (non-hydrogen) atoms. The van der Waals surface area contributed by atoms with Crippen LogP contribution in [0.5, 0.6) is 0 Å². The monoisotopic (exact) mass is 215 g/mol. The average Bonchev–Trinajstić information content (AvgIpc) is 2.23. The maximum absolute atomic E-state index is 5.05. The summed E-state index contributed by atoms with van der Waals surface area (Å²) in [5.74, 6) is 0.857. The molecule has 0 saturated heterocycles. The SMILES string of the molecule is CCCCCNC(=NC)NC(C)COC. The van der Waals surface area contributed by atoms with Crippen molar-refractivity contribution in [1.82, 2.24) is 10.6 Å². The molecule has 0 aromatic heterocycles. The summed E-state index contributed by atoms with van der Waals surface area (Å²) in [5.41, 5.74) is 0. The molecule has 0 aliphatic heterocycles. The number of nitrogens with zero attached hydrogens (tertiary/aromatic N) is 1. The fraction of sp³-hybridized carbons (Fsp3) is 0.909. The molecule has 90 valence electrons. The number of unbranched alkanes of at least 4 members (excludes halogenated alkanes) is 2. The van der Waals surface area contributed by atoms with Gasteiger partial charge in [-0.25, -0.2) is 0 Å². The van der Waals surface area contributed by atoms with Gasteiger partial charge in [0.15, 0.2) is 5.96 Å². The van der Waals surface area contributed by atoms with Gasteiger partial charge in [-0.05, 0) is 13.3 Å². The van der Waals surface area contributed by atoms with E-state index in [2.05, 4.69) is 29.5 Å². The van der Waals surface area contributed by atoms with E-state index >= 15 is 0 Å². The molecule has 4 nitrogen and oxygen atoms in total. The summed E-state index contributed by atoms with van der Waals surface area (Å²) in [6.45, 7) is 5.94. The van der Waals surface area contributed by atoms with Gasteiger partial charge in [0, 0.05) is 26.7 Å². The molecular formula is C11H25N3O. The highest BCUT2D eigenvalue weighted by Crippen LogP contribution is 1.91. The Kier molecular flexibility index (Phi) is 9.27. The van der Waals surface area contributed by atoms with E-state index in [-0.39, 0.29) is 6.04 Å². The van der Waals surface area contributed by atoms with Crippen LogP contribution in [0.4, 0.5) is 0 Å². The lowest BCUT2D eigenvalue weighted by Gasteiger charge is -2.16. The maximum Gasteiger partial charge on any atom is 0.191 e. The second-order valence-corrected chi connectivity index (χ2v) is 3.71. The van der Waals surface area contributed by atoms with Crippen LogP contribution in [0, 0.1) is 0 Å². The second kappa shape index (κ2) is 9.77. The molecule has 0 rings (SSSR count). The third kappa shape index (κ3) is 8.24. The Morgan fingerprint density at radius 2 is 2.13 bits per heavy atom. The Morgan fingerprint density at radius 3 is 2.67 bits per heavy atom. The molecule has 0 fully saturated rings. The summed E-state index contributed by atoms with van der Waals surface area (Å²) in [6.07, 6.45) is 3.70. The molecule has 2 N–H and O–H groups in total. The van der Waals surface area contributed by atoms with Crippen molar-refractivity contribution in [3.8, 4) is 0 Å². The lowest BCUT2D eigenvalue weighted by Crippen LogP contribution is -2.44. The minimum atomic E-state index is 0.285. The quantitative estimate of drug-likeness (QED) is 0.383. The van der Waals surface area contributed by atoms with Crippen LogP contribution in [0.25, 0.3) is 0 Å². The Bertz CT molecular complexity index is 171. The van der Waals surface area contributed by atoms with E-state index in [0.29, 0.717) is 6.61 Å². The van der Waals surface area contributed by atoms with Gasteiger partial charge in [0.2, 0.25) is 0 Å². The van der Waals surface area contributed by atoms with Crippen molar-refractivity contribution in [2.45, 2.75) is 39.2 Å². The molecule has 0 radical (unpaired) electrons. The van der Waals surface area contributed by atoms with Gasteiger partial charge in [0.05, 0.1) is 6.61 Å². The van der Waals surface area contributed by atoms with Crippen molar-refractivity contribution < 1.29 is 4.74 Å². The van der Waals surface area contributed by atoms with Gasteiger partial charge in [-0.3, -0.25) is 4.99 Å². The minimum absolute atomic E-state index is 0.285. The van der Waals surface area contributed by atoms with Gasteiger partial charge in [-0.2, -0.15) is 0 Å². The fourth-order valence-corrected chi connectivity index (χ4v) is 1.30. The van der Waals surface area contributed by atoms with Crippen LogP contribution in [0.1, 0.15) is 33.1 Å². The Labute approximate surface area is 93.5 Å². The standard InChI is InChI=1S/C11H25N3O/c1-5-6-7-8-13-11(12-3)14-10(2)9-15-4/h10H,5-9H2,1-4H3,(H2,12,13,14). The van der Waals surface area contributed by atoms with Crippen molar-refractivity contribution >= 4 is 5.96 Å². The number of rotatable bonds is 7. The highest BCUT2D eigenvalue weighted by atomic mass is 16.5. The first kappa shape index (κ1) is 14.2. The number of hydrogen-bond donors (Lipinski definition) is 2. The number of nitrogens with one attached hydrogen (secondary N) is 2. The average molecular weight is 215 g/mol. The van der Waals surface area contributed by atoms with Gasteiger partial charge >= 0.3 is 0 Å². The van der Waals surface area contributed by atoms with Crippen LogP contribution in [-0.4, -0.2) is 39.3 Å². The van der Waals surface area contributed by atoms with Crippen LogP contribution in [0.2, 0.25) is 0 Å². The molecule has 0 aliphatic rings. The van der Waals surface area contributed by atoms with E-state index in [1.165, 1.54) is 19.3 Å². The van der Waals surface area contributed by atoms with E-state index in [1.807, 2.05) is 0 Å². The van der Waals surface area contributed by atoms with Gasteiger partial charge in [-0.1, -0.05) is 19.8 Å². The van der Waals surface area contributed by atoms with Crippen LogP contribution in [0.3, 0.4) is 0 Å². The molecule has 0 heterocycles. The third-order valence-corrected chi connectivity index (χ3v) is 2.10. The van der Waals surface area contributed by atoms with Crippen LogP contribution in [0.15, 0.2) is 4.99 Å². The molecule has 1 atom stereocenters. The molecule has 0 spiro atoms. The normalized spacial score (nSPS) is 13.7. The summed E-state index contributed by atoms with van der Waals surface area (Å²) in [6, 6.07) is 0.285. The zero-order valence-corrected chi connectivity index (χ0v) is 10.5. The largest absolute Gasteiger partial charge is 0.383 e. The van der Waals surface area contributed by atoms with Crippen molar-refractivity contribution in [3.05, 3.63) is 0 Å². The zero-order chi connectivity index (χ0) is 11.5. The van der Waals surface area contributed by atoms with Gasteiger partial charge in [0.25, 0.3) is 0 Å². The van der Waals surface area contributed by atoms with Crippen molar-refractivity contribution in [2.24, 2.45) is 4.99 Å². The maximum atomic E-state index is 5.05. The summed E-state index contributed by atoms with van der Waals surface area (Å²) >= 11 is 0. The van der Waals surface area contributed by atoms with Crippen molar-refractivity contribution in [3.63, 3.8) is 0 Å². The molecule has 0 aliphatic carbocycles. The highest BCUT2D eigenvalue weighted by molar-refractivity contribution is 5.79. The number of aliphatic imine (C=N–C) groups is 1. The lowest BCUT2D eigenvalue weighted by atomic mass is 10.2. The fourth-order valence-electron chi connectivity index (χ4n) is 1.30. The van der Waals surface area contributed by atoms with Gasteiger partial charge in [-0.15, -0.1) is 0 Å². The number of methoxy groups -OCH3 is 1. The Balaban J connectivity index is 3.64. The van der Waals surface area contributed by atoms with E-state index in [4.69, 9.17) is 4.74 Å². The first-order chi connectivity index (χ1) is 7.24. The molecular weight excluding hydrogens is 190 g/mol. The van der Waals surface area contributed by atoms with E-state index < -0.39 is 0 Å². The van der Waals surface area contributed by atoms with E-state index in [9.17, 15) is 0 Å². The van der Waals surface area contributed by atoms with Crippen LogP contribution >= 0.6 is 0 Å². The topological polar surface area (TPSA) is 45.7 Å². The smallest absolute Gasteiger partial charge is 0.191 e. The first-order valence-corrected chi connectivity index (χ1v) is 5.70. The molecule has 0 saturated carbocycles. The minimum Gasteiger partial charge on any atom is -0.383 e. The zero-order valence-electron chi connectivity index (χ0n) is 10.5. The predicted octanol–water partition coefficient (Wildman–Crippen LogP) is 1.38. The second-order valence-electron chi connectivity index (χ2n) is 3.71. The summed E-state index contributed by atoms with van der Waals surface area (Å²) < 4.78 is 5.05. The first-order valence-electron chi connectivity index (χ1n) is 5.70. The molecule has 1 unspecified atom stereocenters. The molecule has 0 aromatic rings. The van der Waals surface area contributed by atoms with E-state index in [1.54, 1.807) is 14.2 Å². The number of hydrogen-bond acceptors (Lipinski definition) is 2. The summed E-state index contributed by atoms with van der Waals surface area (Å²) in [4.78, 5) is 4.15. The van der Waals surface area contributed by atoms with E-state index in [0.717, 1.165) is 12.5 Å². The Morgan fingerprint density at radius 1 is 1.40 bits per heavy atom. The number of ether oxygens (including phenoxy) is 1. The van der Waals surface area contributed by atoms with Crippen molar-refractivity contribution in [2.75, 3.05) is 27.3 Å². The van der Waals surface area contributed by atoms with Gasteiger partial charge in [0.1, 0.15) is 0 Å². The van der Waals surface area contributed by atoms with Gasteiger partial charge < -0.3 is 15.4 Å². The molecule has 0 bridgehead atoms. The van der Waals surface area contributed by atoms with Crippen LogP contribution in [-0.2, 0) is 4.74 Å². The number of guanidine groups is 1. The third-order valence-electron chi connectivity index (χ3n) is 2.10. The summed E-state index contributed by atoms with van der Waals surface area (Å²) in [5, 5.41) is 6.54. The Hall–Kier alpha value is -0.770. The van der Waals surface area contributed by atoms with Crippen molar-refractivity contribution in [1.29, 1.82) is 0 Å². The highest BCUT2D eigenvalue weighted by Gasteiger charge is 2.03. The molecule has 0 aromatic carbocycles. The molecule has 4 heteroatoms.